The number of ether oxygens (including phenoxy) is 1. The van der Waals surface area contributed by atoms with Gasteiger partial charge in [-0.2, -0.15) is 5.26 Å². The minimum Gasteiger partial charge on any atom is -0.468 e. The first-order valence-corrected chi connectivity index (χ1v) is 4.60. The van der Waals surface area contributed by atoms with Crippen molar-refractivity contribution in [1.29, 1.82) is 5.26 Å². The van der Waals surface area contributed by atoms with Gasteiger partial charge < -0.3 is 10.5 Å². The zero-order valence-corrected chi connectivity index (χ0v) is 8.74. The minimum atomic E-state index is -0.804. The first-order valence-electron chi connectivity index (χ1n) is 4.60. The predicted molar refractivity (Wildman–Crippen MR) is 54.8 cm³/mol. The smallest absolute Gasteiger partial charge is 0.322 e. The molecular weight excluding hydrogens is 211 g/mol. The number of hydrogen-bond donors (Lipinski definition) is 1. The van der Waals surface area contributed by atoms with Crippen LogP contribution < -0.4 is 5.73 Å². The molecule has 84 valence electrons. The Morgan fingerprint density at radius 2 is 2.38 bits per heavy atom. The van der Waals surface area contributed by atoms with Crippen molar-refractivity contribution < 1.29 is 13.9 Å². The lowest BCUT2D eigenvalue weighted by Gasteiger charge is -2.09. The van der Waals surface area contributed by atoms with Crippen LogP contribution in [-0.4, -0.2) is 19.1 Å². The number of carbonyl (C=O) groups is 1. The molecule has 0 saturated heterocycles. The molecule has 0 aromatic heterocycles. The number of nitrogens with two attached hydrogens (primary N) is 1. The van der Waals surface area contributed by atoms with E-state index >= 15 is 0 Å². The van der Waals surface area contributed by atoms with E-state index in [2.05, 4.69) is 4.74 Å². The third kappa shape index (κ3) is 2.78. The van der Waals surface area contributed by atoms with Crippen molar-refractivity contribution in [1.82, 2.24) is 0 Å². The van der Waals surface area contributed by atoms with Gasteiger partial charge in [-0.1, -0.05) is 6.07 Å². The molecule has 1 rings (SSSR count). The Morgan fingerprint density at radius 1 is 1.69 bits per heavy atom. The van der Waals surface area contributed by atoms with Crippen LogP contribution in [0.25, 0.3) is 0 Å². The van der Waals surface area contributed by atoms with Crippen LogP contribution in [0.1, 0.15) is 11.1 Å². The number of benzene rings is 1. The van der Waals surface area contributed by atoms with Crippen LogP contribution in [0.5, 0.6) is 0 Å². The zero-order valence-electron chi connectivity index (χ0n) is 8.74. The van der Waals surface area contributed by atoms with Crippen LogP contribution in [0.4, 0.5) is 4.39 Å². The lowest BCUT2D eigenvalue weighted by Crippen LogP contribution is -2.33. The number of carbonyl (C=O) groups excluding carboxylic acids is 1. The summed E-state index contributed by atoms with van der Waals surface area (Å²) in [7, 11) is 1.24. The van der Waals surface area contributed by atoms with Crippen LogP contribution in [0, 0.1) is 17.1 Å². The Balaban J connectivity index is 2.83. The second-order valence-corrected chi connectivity index (χ2v) is 3.26. The van der Waals surface area contributed by atoms with E-state index in [9.17, 15) is 9.18 Å². The molecule has 1 atom stereocenters. The van der Waals surface area contributed by atoms with E-state index in [1.165, 1.54) is 25.3 Å². The van der Waals surface area contributed by atoms with E-state index in [0.29, 0.717) is 5.56 Å². The zero-order chi connectivity index (χ0) is 12.1. The summed E-state index contributed by atoms with van der Waals surface area (Å²) in [5.41, 5.74) is 6.10. The fourth-order valence-electron chi connectivity index (χ4n) is 1.27. The average molecular weight is 222 g/mol. The highest BCUT2D eigenvalue weighted by Crippen LogP contribution is 2.11. The molecule has 0 amide bonds. The first kappa shape index (κ1) is 12.1. The Morgan fingerprint density at radius 3 is 2.94 bits per heavy atom. The minimum absolute atomic E-state index is 0.0606. The van der Waals surface area contributed by atoms with Gasteiger partial charge in [0.2, 0.25) is 0 Å². The number of nitrogens with zero attached hydrogens (tertiary/aromatic N) is 1. The molecule has 0 fully saturated rings. The van der Waals surface area contributed by atoms with Gasteiger partial charge in [0, 0.05) is 0 Å². The van der Waals surface area contributed by atoms with Crippen LogP contribution in [0.2, 0.25) is 0 Å². The molecule has 0 saturated carbocycles. The molecule has 4 nitrogen and oxygen atoms in total. The lowest BCUT2D eigenvalue weighted by molar-refractivity contribution is -0.142. The van der Waals surface area contributed by atoms with E-state index in [-0.39, 0.29) is 12.0 Å². The van der Waals surface area contributed by atoms with Crippen LogP contribution in [-0.2, 0) is 16.0 Å². The van der Waals surface area contributed by atoms with Crippen molar-refractivity contribution in [3.8, 4) is 6.07 Å². The van der Waals surface area contributed by atoms with Gasteiger partial charge in [-0.25, -0.2) is 4.39 Å². The van der Waals surface area contributed by atoms with Crippen LogP contribution in [0.15, 0.2) is 18.2 Å². The largest absolute Gasteiger partial charge is 0.468 e. The maximum atomic E-state index is 13.0. The lowest BCUT2D eigenvalue weighted by atomic mass is 10.0. The standard InChI is InChI=1S/C11H11FN2O2/c1-16-11(15)10(14)5-7-2-3-9(12)8(4-7)6-13/h2-4,10H,5,14H2,1H3/t10-/m1/s1. The topological polar surface area (TPSA) is 76.1 Å². The molecule has 16 heavy (non-hydrogen) atoms. The van der Waals surface area contributed by atoms with Crippen molar-refractivity contribution in [3.63, 3.8) is 0 Å². The van der Waals surface area contributed by atoms with Gasteiger partial charge in [0.05, 0.1) is 12.7 Å². The molecule has 1 aromatic rings. The van der Waals surface area contributed by atoms with Gasteiger partial charge >= 0.3 is 5.97 Å². The fraction of sp³-hybridized carbons (Fsp3) is 0.273. The fourth-order valence-corrected chi connectivity index (χ4v) is 1.27. The Bertz CT molecular complexity index is 440. The summed E-state index contributed by atoms with van der Waals surface area (Å²) in [6.45, 7) is 0. The molecule has 0 aliphatic rings. The summed E-state index contributed by atoms with van der Waals surface area (Å²) in [5, 5.41) is 8.62. The Kier molecular flexibility index (Phi) is 3.97. The second-order valence-electron chi connectivity index (χ2n) is 3.26. The first-order chi connectivity index (χ1) is 7.58. The number of nitriles is 1. The Hall–Kier alpha value is -1.93. The SMILES string of the molecule is COC(=O)[C@H](N)Cc1ccc(F)c(C#N)c1. The van der Waals surface area contributed by atoms with Crippen molar-refractivity contribution in [3.05, 3.63) is 35.1 Å². The molecule has 0 aliphatic carbocycles. The highest BCUT2D eigenvalue weighted by molar-refractivity contribution is 5.75. The number of methoxy groups -OCH3 is 1. The molecule has 1 aromatic carbocycles. The summed E-state index contributed by atoms with van der Waals surface area (Å²) in [4.78, 5) is 11.1. The van der Waals surface area contributed by atoms with Gasteiger partial charge in [0.15, 0.2) is 0 Å². The second kappa shape index (κ2) is 5.24. The van der Waals surface area contributed by atoms with Crippen molar-refractivity contribution >= 4 is 5.97 Å². The third-order valence-corrected chi connectivity index (χ3v) is 2.11. The number of rotatable bonds is 3. The van der Waals surface area contributed by atoms with Crippen molar-refractivity contribution in [2.75, 3.05) is 7.11 Å². The summed E-state index contributed by atoms with van der Waals surface area (Å²) < 4.78 is 17.4. The van der Waals surface area contributed by atoms with Gasteiger partial charge in [0.1, 0.15) is 17.9 Å². The number of hydrogen-bond acceptors (Lipinski definition) is 4. The van der Waals surface area contributed by atoms with E-state index in [4.69, 9.17) is 11.0 Å². The molecular formula is C11H11FN2O2. The quantitative estimate of drug-likeness (QED) is 0.765. The Labute approximate surface area is 92.4 Å². The van der Waals surface area contributed by atoms with Crippen molar-refractivity contribution in [2.24, 2.45) is 5.73 Å². The van der Waals surface area contributed by atoms with Gasteiger partial charge in [-0.05, 0) is 24.1 Å². The number of esters is 1. The summed E-state index contributed by atoms with van der Waals surface area (Å²) in [6, 6.07) is 4.95. The maximum absolute atomic E-state index is 13.0. The van der Waals surface area contributed by atoms with Gasteiger partial charge in [-0.15, -0.1) is 0 Å². The van der Waals surface area contributed by atoms with E-state index < -0.39 is 17.8 Å². The molecule has 0 radical (unpaired) electrons. The summed E-state index contributed by atoms with van der Waals surface area (Å²) in [6.07, 6.45) is 0.210. The van der Waals surface area contributed by atoms with E-state index in [1.807, 2.05) is 0 Å². The van der Waals surface area contributed by atoms with Gasteiger partial charge in [0.25, 0.3) is 0 Å². The highest BCUT2D eigenvalue weighted by atomic mass is 19.1. The molecule has 0 heterocycles. The molecule has 2 N–H and O–H groups in total. The van der Waals surface area contributed by atoms with Crippen LogP contribution in [0.3, 0.4) is 0 Å². The summed E-state index contributed by atoms with van der Waals surface area (Å²) in [5.74, 6) is -1.12. The third-order valence-electron chi connectivity index (χ3n) is 2.11. The maximum Gasteiger partial charge on any atom is 0.322 e. The molecule has 0 aliphatic heterocycles. The molecule has 5 heteroatoms. The normalized spacial score (nSPS) is 11.6. The monoisotopic (exact) mass is 222 g/mol. The molecule has 0 spiro atoms. The van der Waals surface area contributed by atoms with E-state index in [0.717, 1.165) is 0 Å². The van der Waals surface area contributed by atoms with E-state index in [1.54, 1.807) is 6.07 Å². The van der Waals surface area contributed by atoms with Crippen LogP contribution >= 0.6 is 0 Å². The van der Waals surface area contributed by atoms with Crippen molar-refractivity contribution in [2.45, 2.75) is 12.5 Å². The average Bonchev–Trinajstić information content (AvgIpc) is 2.30. The van der Waals surface area contributed by atoms with Gasteiger partial charge in [-0.3, -0.25) is 4.79 Å². The summed E-state index contributed by atoms with van der Waals surface area (Å²) >= 11 is 0. The predicted octanol–water partition coefficient (Wildman–Crippen LogP) is 0.740. The molecule has 0 bridgehead atoms. The highest BCUT2D eigenvalue weighted by Gasteiger charge is 2.15. The molecule has 0 unspecified atom stereocenters. The number of halogens is 1.